The second-order valence-electron chi connectivity index (χ2n) is 8.86. The number of nitrogens with zero attached hydrogens (tertiary/aromatic N) is 3. The third-order valence-electron chi connectivity index (χ3n) is 6.48. The van der Waals surface area contributed by atoms with Crippen molar-refractivity contribution in [2.45, 2.75) is 44.7 Å². The van der Waals surface area contributed by atoms with E-state index in [9.17, 15) is 4.79 Å². The van der Waals surface area contributed by atoms with Crippen LogP contribution in [0.1, 0.15) is 38.3 Å². The molecule has 162 valence electrons. The van der Waals surface area contributed by atoms with E-state index in [0.29, 0.717) is 24.4 Å². The van der Waals surface area contributed by atoms with E-state index in [1.165, 1.54) is 12.1 Å². The van der Waals surface area contributed by atoms with Gasteiger partial charge in [-0.25, -0.2) is 4.79 Å². The molecule has 3 saturated heterocycles. The number of carbonyl (C=O) groups excluding carboxylic acids is 1. The van der Waals surface area contributed by atoms with E-state index in [1.54, 1.807) is 7.11 Å². The van der Waals surface area contributed by atoms with Crippen LogP contribution in [0.15, 0.2) is 30.3 Å². The van der Waals surface area contributed by atoms with Gasteiger partial charge in [0.25, 0.3) is 0 Å². The van der Waals surface area contributed by atoms with Gasteiger partial charge in [-0.05, 0) is 69.5 Å². The van der Waals surface area contributed by atoms with Crippen LogP contribution in [0.25, 0.3) is 11.3 Å². The van der Waals surface area contributed by atoms with Gasteiger partial charge in [0, 0.05) is 49.4 Å². The number of urea groups is 1. The van der Waals surface area contributed by atoms with Crippen LogP contribution < -0.4 is 15.4 Å². The molecular formula is C23H33N5O2. The minimum absolute atomic E-state index is 0.0695. The molecule has 3 aliphatic rings. The lowest BCUT2D eigenvalue weighted by Gasteiger charge is -2.49. The van der Waals surface area contributed by atoms with Gasteiger partial charge < -0.3 is 15.4 Å². The van der Waals surface area contributed by atoms with Crippen molar-refractivity contribution in [3.63, 3.8) is 0 Å². The Labute approximate surface area is 178 Å². The van der Waals surface area contributed by atoms with Crippen molar-refractivity contribution in [1.29, 1.82) is 0 Å². The van der Waals surface area contributed by atoms with Gasteiger partial charge in [0.1, 0.15) is 5.75 Å². The van der Waals surface area contributed by atoms with Crippen LogP contribution >= 0.6 is 0 Å². The molecule has 1 unspecified atom stereocenters. The summed E-state index contributed by atoms with van der Waals surface area (Å²) in [5.41, 5.74) is 3.42. The third-order valence-corrected chi connectivity index (χ3v) is 6.48. The lowest BCUT2D eigenvalue weighted by Crippen LogP contribution is -2.57. The fourth-order valence-corrected chi connectivity index (χ4v) is 4.94. The molecule has 0 saturated carbocycles. The smallest absolute Gasteiger partial charge is 0.315 e. The number of aryl methyl sites for hydroxylation is 1. The molecule has 2 N–H and O–H groups in total. The quantitative estimate of drug-likeness (QED) is 0.767. The molecule has 3 fully saturated rings. The maximum atomic E-state index is 12.0. The first-order chi connectivity index (χ1) is 14.4. The van der Waals surface area contributed by atoms with Crippen molar-refractivity contribution >= 4 is 6.03 Å². The molecule has 7 nitrogen and oxygen atoms in total. The van der Waals surface area contributed by atoms with Crippen molar-refractivity contribution in [2.75, 3.05) is 26.7 Å². The van der Waals surface area contributed by atoms with E-state index < -0.39 is 0 Å². The molecule has 4 heterocycles. The van der Waals surface area contributed by atoms with Crippen LogP contribution in [0, 0.1) is 5.92 Å². The Morgan fingerprint density at radius 3 is 2.70 bits per heavy atom. The lowest BCUT2D eigenvalue weighted by molar-refractivity contribution is 0.0294. The molecule has 2 bridgehead atoms. The van der Waals surface area contributed by atoms with Crippen molar-refractivity contribution in [2.24, 2.45) is 13.0 Å². The number of hydrogen-bond acceptors (Lipinski definition) is 4. The predicted molar refractivity (Wildman–Crippen MR) is 118 cm³/mol. The largest absolute Gasteiger partial charge is 0.497 e. The molecule has 0 spiro atoms. The van der Waals surface area contributed by atoms with Gasteiger partial charge in [-0.2, -0.15) is 5.10 Å². The summed E-state index contributed by atoms with van der Waals surface area (Å²) in [7, 11) is 3.73. The first-order valence-corrected chi connectivity index (χ1v) is 10.9. The molecule has 2 amide bonds. The van der Waals surface area contributed by atoms with Gasteiger partial charge in [0.2, 0.25) is 0 Å². The van der Waals surface area contributed by atoms with Gasteiger partial charge in [-0.3, -0.25) is 9.58 Å². The van der Waals surface area contributed by atoms with Crippen LogP contribution in [-0.2, 0) is 7.05 Å². The Hall–Kier alpha value is -2.54. The molecular weight excluding hydrogens is 378 g/mol. The van der Waals surface area contributed by atoms with E-state index in [1.807, 2.05) is 26.0 Å². The Morgan fingerprint density at radius 1 is 1.30 bits per heavy atom. The highest BCUT2D eigenvalue weighted by Crippen LogP contribution is 2.42. The first kappa shape index (κ1) is 20.7. The van der Waals surface area contributed by atoms with E-state index in [2.05, 4.69) is 45.5 Å². The average molecular weight is 412 g/mol. The second kappa shape index (κ2) is 8.68. The van der Waals surface area contributed by atoms with Crippen molar-refractivity contribution in [3.8, 4) is 17.0 Å². The molecule has 4 atom stereocenters. The number of aromatic nitrogens is 2. The number of rotatable bonds is 6. The fraction of sp³-hybridized carbons (Fsp3) is 0.565. The minimum Gasteiger partial charge on any atom is -0.497 e. The standard InChI is InChI=1S/C23H33N5O2/c1-15(2)25-23(29)24-13-18-11-17-9-10-28(18)14-20(17)22-12-21(26-27(22)3)16-5-7-19(30-4)8-6-16/h5-8,12,15,17-18,20H,9-11,13-14H2,1-4H3,(H2,24,25,29)/t17-,18+,20-/m0/s1. The number of methoxy groups -OCH3 is 1. The van der Waals surface area contributed by atoms with E-state index in [0.717, 1.165) is 36.5 Å². The number of carbonyl (C=O) groups is 1. The summed E-state index contributed by atoms with van der Waals surface area (Å²) in [4.78, 5) is 14.5. The van der Waals surface area contributed by atoms with Crippen molar-refractivity contribution in [1.82, 2.24) is 25.3 Å². The summed E-state index contributed by atoms with van der Waals surface area (Å²) in [6.45, 7) is 6.81. The molecule has 5 rings (SSSR count). The summed E-state index contributed by atoms with van der Waals surface area (Å²) >= 11 is 0. The zero-order valence-electron chi connectivity index (χ0n) is 18.4. The fourth-order valence-electron chi connectivity index (χ4n) is 4.94. The molecule has 3 aliphatic heterocycles. The highest BCUT2D eigenvalue weighted by Gasteiger charge is 2.41. The predicted octanol–water partition coefficient (Wildman–Crippen LogP) is 2.98. The minimum atomic E-state index is -0.0695. The topological polar surface area (TPSA) is 71.4 Å². The maximum Gasteiger partial charge on any atom is 0.315 e. The Morgan fingerprint density at radius 2 is 2.07 bits per heavy atom. The van der Waals surface area contributed by atoms with E-state index >= 15 is 0 Å². The molecule has 1 aromatic heterocycles. The summed E-state index contributed by atoms with van der Waals surface area (Å²) in [5.74, 6) is 1.98. The van der Waals surface area contributed by atoms with Gasteiger partial charge >= 0.3 is 6.03 Å². The number of benzene rings is 1. The number of fused-ring (bicyclic) bond motifs is 3. The molecule has 2 aromatic rings. The summed E-state index contributed by atoms with van der Waals surface area (Å²) < 4.78 is 7.32. The first-order valence-electron chi connectivity index (χ1n) is 10.9. The Kier molecular flexibility index (Phi) is 5.99. The van der Waals surface area contributed by atoms with Crippen LogP contribution in [0.2, 0.25) is 0 Å². The molecule has 30 heavy (non-hydrogen) atoms. The van der Waals surface area contributed by atoms with Gasteiger partial charge in [-0.15, -0.1) is 0 Å². The van der Waals surface area contributed by atoms with Crippen LogP contribution in [-0.4, -0.2) is 59.5 Å². The monoisotopic (exact) mass is 411 g/mol. The van der Waals surface area contributed by atoms with Crippen LogP contribution in [0.3, 0.4) is 0 Å². The van der Waals surface area contributed by atoms with Crippen LogP contribution in [0.4, 0.5) is 4.79 Å². The molecule has 0 aliphatic carbocycles. The van der Waals surface area contributed by atoms with Gasteiger partial charge in [0.15, 0.2) is 0 Å². The number of hydrogen-bond donors (Lipinski definition) is 2. The summed E-state index contributed by atoms with van der Waals surface area (Å²) in [5, 5.41) is 10.7. The van der Waals surface area contributed by atoms with Crippen molar-refractivity contribution in [3.05, 3.63) is 36.0 Å². The van der Waals surface area contributed by atoms with Crippen LogP contribution in [0.5, 0.6) is 5.75 Å². The number of piperidine rings is 3. The SMILES string of the molecule is COc1ccc(-c2cc([C@H]3CN4CC[C@H]3C[C@@H]4CNC(=O)NC(C)C)n(C)n2)cc1. The second-order valence-corrected chi connectivity index (χ2v) is 8.86. The maximum absolute atomic E-state index is 12.0. The van der Waals surface area contributed by atoms with Gasteiger partial charge in [0.05, 0.1) is 12.8 Å². The number of amides is 2. The number of nitrogens with one attached hydrogen (secondary N) is 2. The zero-order chi connectivity index (χ0) is 21.3. The zero-order valence-corrected chi connectivity index (χ0v) is 18.4. The van der Waals surface area contributed by atoms with Crippen molar-refractivity contribution < 1.29 is 9.53 Å². The highest BCUT2D eigenvalue weighted by atomic mass is 16.5. The lowest BCUT2D eigenvalue weighted by atomic mass is 9.74. The average Bonchev–Trinajstić information content (AvgIpc) is 3.13. The molecule has 0 radical (unpaired) electrons. The van der Waals surface area contributed by atoms with E-state index in [4.69, 9.17) is 9.84 Å². The third kappa shape index (κ3) is 4.31. The Bertz CT molecular complexity index is 876. The summed E-state index contributed by atoms with van der Waals surface area (Å²) in [6, 6.07) is 10.8. The summed E-state index contributed by atoms with van der Waals surface area (Å²) in [6.07, 6.45) is 2.33. The molecule has 1 aromatic carbocycles. The molecule has 7 heteroatoms. The Balaban J connectivity index is 1.43. The van der Waals surface area contributed by atoms with E-state index in [-0.39, 0.29) is 12.1 Å². The normalized spacial score (nSPS) is 25.4. The van der Waals surface area contributed by atoms with Gasteiger partial charge in [-0.1, -0.05) is 0 Å². The highest BCUT2D eigenvalue weighted by molar-refractivity contribution is 5.74. The number of ether oxygens (including phenoxy) is 1.